The molecule has 3 aromatic rings. The maximum atomic E-state index is 10.3. The average molecular weight is 302 g/mol. The van der Waals surface area contributed by atoms with Crippen molar-refractivity contribution in [2.24, 2.45) is 0 Å². The van der Waals surface area contributed by atoms with E-state index in [4.69, 9.17) is 0 Å². The van der Waals surface area contributed by atoms with E-state index in [1.165, 1.54) is 16.7 Å². The van der Waals surface area contributed by atoms with Crippen LogP contribution in [0.5, 0.6) is 0 Å². The molecule has 23 heavy (non-hydrogen) atoms. The summed E-state index contributed by atoms with van der Waals surface area (Å²) in [7, 11) is 0. The Morgan fingerprint density at radius 1 is 0.696 bits per heavy atom. The Balaban J connectivity index is 2.13. The van der Waals surface area contributed by atoms with E-state index < -0.39 is 6.10 Å². The Bertz CT molecular complexity index is 831. The van der Waals surface area contributed by atoms with Gasteiger partial charge in [0, 0.05) is 0 Å². The van der Waals surface area contributed by atoms with Crippen molar-refractivity contribution in [2.45, 2.75) is 26.9 Å². The van der Waals surface area contributed by atoms with E-state index in [-0.39, 0.29) is 0 Å². The summed E-state index contributed by atoms with van der Waals surface area (Å²) >= 11 is 0. The van der Waals surface area contributed by atoms with E-state index in [9.17, 15) is 5.11 Å². The highest BCUT2D eigenvalue weighted by atomic mass is 16.3. The molecule has 0 spiro atoms. The van der Waals surface area contributed by atoms with Crippen LogP contribution in [0, 0.1) is 13.8 Å². The van der Waals surface area contributed by atoms with Gasteiger partial charge in [-0.3, -0.25) is 0 Å². The van der Waals surface area contributed by atoms with Gasteiger partial charge in [-0.2, -0.15) is 0 Å². The van der Waals surface area contributed by atoms with Crippen LogP contribution in [-0.2, 0) is 0 Å². The van der Waals surface area contributed by atoms with E-state index in [0.29, 0.717) is 0 Å². The van der Waals surface area contributed by atoms with Gasteiger partial charge in [0.25, 0.3) is 0 Å². The second-order valence-electron chi connectivity index (χ2n) is 6.22. The normalized spacial score (nSPS) is 12.2. The predicted octanol–water partition coefficient (Wildman–Crippen LogP) is 5.69. The Hall–Kier alpha value is -2.38. The molecule has 0 unspecified atom stereocenters. The Morgan fingerprint density at radius 2 is 1.26 bits per heavy atom. The first kappa shape index (κ1) is 15.5. The second kappa shape index (κ2) is 6.39. The first-order valence-corrected chi connectivity index (χ1v) is 8.00. The molecule has 0 amide bonds. The molecule has 0 saturated heterocycles. The molecule has 1 atom stereocenters. The monoisotopic (exact) mass is 302 g/mol. The van der Waals surface area contributed by atoms with Crippen molar-refractivity contribution in [3.63, 3.8) is 0 Å². The number of rotatable bonds is 3. The van der Waals surface area contributed by atoms with Crippen LogP contribution in [0.15, 0.2) is 66.7 Å². The molecule has 1 nitrogen and oxygen atoms in total. The van der Waals surface area contributed by atoms with Crippen molar-refractivity contribution in [1.29, 1.82) is 0 Å². The van der Waals surface area contributed by atoms with E-state index in [2.05, 4.69) is 80.6 Å². The largest absolute Gasteiger partial charge is 0.389 e. The second-order valence-corrected chi connectivity index (χ2v) is 6.22. The van der Waals surface area contributed by atoms with Crippen molar-refractivity contribution < 1.29 is 5.11 Å². The Labute approximate surface area is 138 Å². The van der Waals surface area contributed by atoms with Gasteiger partial charge in [0.1, 0.15) is 0 Å². The molecule has 0 aliphatic rings. The molecule has 0 aliphatic heterocycles. The maximum absolute atomic E-state index is 10.3. The van der Waals surface area contributed by atoms with Gasteiger partial charge in [-0.05, 0) is 54.7 Å². The summed E-state index contributed by atoms with van der Waals surface area (Å²) in [4.78, 5) is 0. The van der Waals surface area contributed by atoms with Crippen LogP contribution in [-0.4, -0.2) is 5.11 Å². The Morgan fingerprint density at radius 3 is 1.87 bits per heavy atom. The number of aliphatic hydroxyl groups excluding tert-OH is 1. The van der Waals surface area contributed by atoms with Crippen LogP contribution in [0.4, 0.5) is 0 Å². The maximum Gasteiger partial charge on any atom is 0.0768 e. The molecule has 3 aromatic carbocycles. The third-order valence-electron chi connectivity index (χ3n) is 4.18. The SMILES string of the molecule is Cc1cccc(-c2ccc(-c3cccc(C)c3)c([C@H](C)O)c2)c1. The molecule has 0 fully saturated rings. The van der Waals surface area contributed by atoms with Gasteiger partial charge in [-0.25, -0.2) is 0 Å². The summed E-state index contributed by atoms with van der Waals surface area (Å²) in [6.07, 6.45) is -0.504. The molecule has 1 heteroatoms. The summed E-state index contributed by atoms with van der Waals surface area (Å²) in [5.74, 6) is 0. The lowest BCUT2D eigenvalue weighted by Crippen LogP contribution is -1.96. The van der Waals surface area contributed by atoms with Gasteiger partial charge < -0.3 is 5.11 Å². The van der Waals surface area contributed by atoms with Crippen LogP contribution in [0.2, 0.25) is 0 Å². The predicted molar refractivity (Wildman–Crippen MR) is 97.4 cm³/mol. The molecule has 0 aromatic heterocycles. The fraction of sp³-hybridized carbons (Fsp3) is 0.182. The van der Waals surface area contributed by atoms with Gasteiger partial charge in [-0.15, -0.1) is 0 Å². The third-order valence-corrected chi connectivity index (χ3v) is 4.18. The highest BCUT2D eigenvalue weighted by Crippen LogP contribution is 2.33. The zero-order chi connectivity index (χ0) is 16.4. The molecule has 1 N–H and O–H groups in total. The van der Waals surface area contributed by atoms with E-state index in [0.717, 1.165) is 22.3 Å². The van der Waals surface area contributed by atoms with Crippen LogP contribution in [0.1, 0.15) is 29.7 Å². The van der Waals surface area contributed by atoms with Crippen LogP contribution >= 0.6 is 0 Å². The summed E-state index contributed by atoms with van der Waals surface area (Å²) in [6.45, 7) is 6.02. The number of aliphatic hydroxyl groups is 1. The molecule has 0 bridgehead atoms. The van der Waals surface area contributed by atoms with Crippen molar-refractivity contribution in [2.75, 3.05) is 0 Å². The highest BCUT2D eigenvalue weighted by molar-refractivity contribution is 5.74. The average Bonchev–Trinajstić information content (AvgIpc) is 2.54. The first-order chi connectivity index (χ1) is 11.0. The molecule has 0 heterocycles. The quantitative estimate of drug-likeness (QED) is 0.659. The highest BCUT2D eigenvalue weighted by Gasteiger charge is 2.12. The molecular weight excluding hydrogens is 280 g/mol. The standard InChI is InChI=1S/C22H22O/c1-15-6-4-8-18(12-15)19-10-11-21(22(14-19)17(3)23)20-9-5-7-16(2)13-20/h4-14,17,23H,1-3H3/t17-/m0/s1. The first-order valence-electron chi connectivity index (χ1n) is 8.00. The minimum Gasteiger partial charge on any atom is -0.389 e. The number of benzene rings is 3. The summed E-state index contributed by atoms with van der Waals surface area (Å²) in [5, 5.41) is 10.3. The van der Waals surface area contributed by atoms with Crippen molar-refractivity contribution in [1.82, 2.24) is 0 Å². The van der Waals surface area contributed by atoms with Gasteiger partial charge >= 0.3 is 0 Å². The molecule has 0 radical (unpaired) electrons. The lowest BCUT2D eigenvalue weighted by atomic mass is 9.92. The number of hydrogen-bond acceptors (Lipinski definition) is 1. The molecule has 0 aliphatic carbocycles. The molecule has 0 saturated carbocycles. The minimum atomic E-state index is -0.504. The van der Waals surface area contributed by atoms with E-state index >= 15 is 0 Å². The smallest absolute Gasteiger partial charge is 0.0768 e. The number of hydrogen-bond donors (Lipinski definition) is 1. The Kier molecular flexibility index (Phi) is 4.31. The summed E-state index contributed by atoms with van der Waals surface area (Å²) in [5.41, 5.74) is 8.00. The van der Waals surface area contributed by atoms with E-state index in [1.807, 2.05) is 6.92 Å². The van der Waals surface area contributed by atoms with Gasteiger partial charge in [0.15, 0.2) is 0 Å². The van der Waals surface area contributed by atoms with E-state index in [1.54, 1.807) is 0 Å². The fourth-order valence-corrected chi connectivity index (χ4v) is 2.99. The van der Waals surface area contributed by atoms with Crippen LogP contribution in [0.25, 0.3) is 22.3 Å². The molecule has 116 valence electrons. The van der Waals surface area contributed by atoms with Gasteiger partial charge in [0.05, 0.1) is 6.10 Å². The fourth-order valence-electron chi connectivity index (χ4n) is 2.99. The van der Waals surface area contributed by atoms with Crippen LogP contribution < -0.4 is 0 Å². The minimum absolute atomic E-state index is 0.504. The summed E-state index contributed by atoms with van der Waals surface area (Å²) < 4.78 is 0. The molecule has 3 rings (SSSR count). The van der Waals surface area contributed by atoms with Crippen molar-refractivity contribution in [3.05, 3.63) is 83.4 Å². The van der Waals surface area contributed by atoms with Crippen molar-refractivity contribution >= 4 is 0 Å². The number of aryl methyl sites for hydroxylation is 2. The zero-order valence-corrected chi connectivity index (χ0v) is 13.9. The summed E-state index contributed by atoms with van der Waals surface area (Å²) in [6, 6.07) is 23.2. The third kappa shape index (κ3) is 3.35. The lowest BCUT2D eigenvalue weighted by Gasteiger charge is -2.15. The topological polar surface area (TPSA) is 20.2 Å². The van der Waals surface area contributed by atoms with Gasteiger partial charge in [0.2, 0.25) is 0 Å². The lowest BCUT2D eigenvalue weighted by molar-refractivity contribution is 0.200. The van der Waals surface area contributed by atoms with Crippen LogP contribution in [0.3, 0.4) is 0 Å². The zero-order valence-electron chi connectivity index (χ0n) is 13.9. The van der Waals surface area contributed by atoms with Gasteiger partial charge in [-0.1, -0.05) is 71.8 Å². The van der Waals surface area contributed by atoms with Crippen molar-refractivity contribution in [3.8, 4) is 22.3 Å². The molecular formula is C22H22O.